The highest BCUT2D eigenvalue weighted by molar-refractivity contribution is 6.36. The molecule has 0 aliphatic heterocycles. The molecule has 110 valence electrons. The Balaban J connectivity index is 2.07. The first-order valence-electron chi connectivity index (χ1n) is 5.87. The molecule has 2 aromatic rings. The van der Waals surface area contributed by atoms with Crippen LogP contribution in [0.25, 0.3) is 0 Å². The number of esters is 1. The SMILES string of the molecule is O=C(Cc1c(Cl)c(F)nc(F)c1Cl)OCc1ccccc1. The first-order chi connectivity index (χ1) is 9.99. The van der Waals surface area contributed by atoms with Crippen LogP contribution in [0.15, 0.2) is 30.3 Å². The Morgan fingerprint density at radius 3 is 2.24 bits per heavy atom. The average molecular weight is 332 g/mol. The largest absolute Gasteiger partial charge is 0.461 e. The van der Waals surface area contributed by atoms with E-state index >= 15 is 0 Å². The van der Waals surface area contributed by atoms with Crippen LogP contribution in [0.1, 0.15) is 11.1 Å². The Morgan fingerprint density at radius 1 is 1.10 bits per heavy atom. The molecule has 21 heavy (non-hydrogen) atoms. The molecule has 0 aliphatic rings. The van der Waals surface area contributed by atoms with E-state index in [1.807, 2.05) is 6.07 Å². The van der Waals surface area contributed by atoms with Gasteiger partial charge in [-0.1, -0.05) is 53.5 Å². The van der Waals surface area contributed by atoms with E-state index in [-0.39, 0.29) is 12.2 Å². The van der Waals surface area contributed by atoms with Gasteiger partial charge in [-0.05, 0) is 5.56 Å². The summed E-state index contributed by atoms with van der Waals surface area (Å²) >= 11 is 11.3. The zero-order valence-electron chi connectivity index (χ0n) is 10.6. The molecule has 0 saturated carbocycles. The molecule has 1 heterocycles. The van der Waals surface area contributed by atoms with Crippen molar-refractivity contribution in [2.45, 2.75) is 13.0 Å². The molecule has 0 aliphatic carbocycles. The smallest absolute Gasteiger partial charge is 0.310 e. The van der Waals surface area contributed by atoms with Gasteiger partial charge in [-0.3, -0.25) is 4.79 Å². The van der Waals surface area contributed by atoms with Crippen LogP contribution in [0.3, 0.4) is 0 Å². The van der Waals surface area contributed by atoms with Gasteiger partial charge < -0.3 is 4.74 Å². The highest BCUT2D eigenvalue weighted by Crippen LogP contribution is 2.28. The number of benzene rings is 1. The van der Waals surface area contributed by atoms with Crippen molar-refractivity contribution in [3.05, 3.63) is 63.4 Å². The molecule has 0 fully saturated rings. The second-order valence-electron chi connectivity index (χ2n) is 4.12. The van der Waals surface area contributed by atoms with Crippen molar-refractivity contribution >= 4 is 29.2 Å². The third kappa shape index (κ3) is 3.89. The van der Waals surface area contributed by atoms with Crippen LogP contribution in [0.4, 0.5) is 8.78 Å². The maximum Gasteiger partial charge on any atom is 0.310 e. The molecule has 0 saturated heterocycles. The lowest BCUT2D eigenvalue weighted by molar-refractivity contribution is -0.144. The zero-order valence-corrected chi connectivity index (χ0v) is 12.1. The number of pyridine rings is 1. The molecule has 1 aromatic heterocycles. The van der Waals surface area contributed by atoms with Gasteiger partial charge in [0.1, 0.15) is 16.7 Å². The number of rotatable bonds is 4. The summed E-state index contributed by atoms with van der Waals surface area (Å²) in [5.74, 6) is -3.14. The molecule has 3 nitrogen and oxygen atoms in total. The number of nitrogens with zero attached hydrogens (tertiary/aromatic N) is 1. The molecule has 0 unspecified atom stereocenters. The maximum absolute atomic E-state index is 13.2. The molecule has 0 N–H and O–H groups in total. The van der Waals surface area contributed by atoms with Crippen LogP contribution in [-0.2, 0) is 22.6 Å². The van der Waals surface area contributed by atoms with Crippen molar-refractivity contribution in [3.8, 4) is 0 Å². The highest BCUT2D eigenvalue weighted by atomic mass is 35.5. The van der Waals surface area contributed by atoms with E-state index < -0.39 is 34.3 Å². The molecule has 0 bridgehead atoms. The lowest BCUT2D eigenvalue weighted by atomic mass is 10.2. The summed E-state index contributed by atoms with van der Waals surface area (Å²) in [6.07, 6.45) is -0.444. The number of ether oxygens (including phenoxy) is 1. The lowest BCUT2D eigenvalue weighted by Gasteiger charge is -2.08. The molecule has 1 aromatic carbocycles. The maximum atomic E-state index is 13.2. The molecule has 2 rings (SSSR count). The van der Waals surface area contributed by atoms with Crippen molar-refractivity contribution in [2.75, 3.05) is 0 Å². The summed E-state index contributed by atoms with van der Waals surface area (Å²) in [6.45, 7) is 0.0466. The van der Waals surface area contributed by atoms with E-state index in [1.54, 1.807) is 24.3 Å². The fourth-order valence-corrected chi connectivity index (χ4v) is 2.07. The summed E-state index contributed by atoms with van der Waals surface area (Å²) < 4.78 is 31.5. The first-order valence-corrected chi connectivity index (χ1v) is 6.63. The number of halogens is 4. The first kappa shape index (κ1) is 15.7. The number of hydrogen-bond acceptors (Lipinski definition) is 3. The van der Waals surface area contributed by atoms with Crippen molar-refractivity contribution in [1.82, 2.24) is 4.98 Å². The van der Waals surface area contributed by atoms with Crippen molar-refractivity contribution < 1.29 is 18.3 Å². The quantitative estimate of drug-likeness (QED) is 0.629. The minimum atomic E-state index is -1.22. The fourth-order valence-electron chi connectivity index (χ4n) is 1.62. The van der Waals surface area contributed by atoms with Crippen molar-refractivity contribution in [3.63, 3.8) is 0 Å². The van der Waals surface area contributed by atoms with Gasteiger partial charge in [0, 0.05) is 5.56 Å². The van der Waals surface area contributed by atoms with Crippen LogP contribution in [0.2, 0.25) is 10.0 Å². The summed E-state index contributed by atoms with van der Waals surface area (Å²) in [7, 11) is 0. The number of carbonyl (C=O) groups is 1. The van der Waals surface area contributed by atoms with Gasteiger partial charge >= 0.3 is 5.97 Å². The number of carbonyl (C=O) groups excluding carboxylic acids is 1. The van der Waals surface area contributed by atoms with Crippen LogP contribution < -0.4 is 0 Å². The van der Waals surface area contributed by atoms with E-state index in [0.29, 0.717) is 0 Å². The number of hydrogen-bond donors (Lipinski definition) is 0. The molecular weight excluding hydrogens is 323 g/mol. The van der Waals surface area contributed by atoms with E-state index in [1.165, 1.54) is 0 Å². The van der Waals surface area contributed by atoms with Gasteiger partial charge in [0.15, 0.2) is 0 Å². The Kier molecular flexibility index (Phi) is 5.09. The predicted molar refractivity (Wildman–Crippen MR) is 74.1 cm³/mol. The Bertz CT molecular complexity index is 640. The van der Waals surface area contributed by atoms with Gasteiger partial charge in [0.2, 0.25) is 11.9 Å². The minimum Gasteiger partial charge on any atom is -0.461 e. The summed E-state index contributed by atoms with van der Waals surface area (Å²) in [5, 5.41) is -0.976. The van der Waals surface area contributed by atoms with Crippen LogP contribution in [0, 0.1) is 11.9 Å². The van der Waals surface area contributed by atoms with Gasteiger partial charge in [-0.25, -0.2) is 0 Å². The molecule has 0 spiro atoms. The Labute approximate surface area is 129 Å². The van der Waals surface area contributed by atoms with Gasteiger partial charge in [0.25, 0.3) is 0 Å². The van der Waals surface area contributed by atoms with Crippen LogP contribution in [0.5, 0.6) is 0 Å². The summed E-state index contributed by atoms with van der Waals surface area (Å²) in [4.78, 5) is 14.6. The van der Waals surface area contributed by atoms with Gasteiger partial charge in [0.05, 0.1) is 6.42 Å². The average Bonchev–Trinajstić information content (AvgIpc) is 2.48. The Hall–Kier alpha value is -1.72. The van der Waals surface area contributed by atoms with Crippen LogP contribution in [-0.4, -0.2) is 11.0 Å². The third-order valence-corrected chi connectivity index (χ3v) is 3.42. The molecule has 7 heteroatoms. The van der Waals surface area contributed by atoms with E-state index in [0.717, 1.165) is 5.56 Å². The second kappa shape index (κ2) is 6.83. The normalized spacial score (nSPS) is 10.5. The molecular formula is C14H9Cl2F2NO2. The third-order valence-electron chi connectivity index (χ3n) is 2.65. The van der Waals surface area contributed by atoms with Crippen LogP contribution >= 0.6 is 23.2 Å². The summed E-state index contributed by atoms with van der Waals surface area (Å²) in [6, 6.07) is 8.97. The van der Waals surface area contributed by atoms with Crippen molar-refractivity contribution in [2.24, 2.45) is 0 Å². The monoisotopic (exact) mass is 331 g/mol. The molecule has 0 radical (unpaired) electrons. The standard InChI is InChI=1S/C14H9Cl2F2NO2/c15-11-9(12(16)14(18)19-13(11)17)6-10(20)21-7-8-4-2-1-3-5-8/h1-5H,6-7H2. The van der Waals surface area contributed by atoms with Crippen molar-refractivity contribution in [1.29, 1.82) is 0 Å². The fraction of sp³-hybridized carbons (Fsp3) is 0.143. The van der Waals surface area contributed by atoms with E-state index in [2.05, 4.69) is 4.98 Å². The Morgan fingerprint density at radius 2 is 1.67 bits per heavy atom. The molecule has 0 amide bonds. The molecule has 0 atom stereocenters. The predicted octanol–water partition coefficient (Wildman–Crippen LogP) is 3.95. The number of aromatic nitrogens is 1. The van der Waals surface area contributed by atoms with E-state index in [4.69, 9.17) is 27.9 Å². The van der Waals surface area contributed by atoms with Gasteiger partial charge in [-0.2, -0.15) is 13.8 Å². The highest BCUT2D eigenvalue weighted by Gasteiger charge is 2.20. The van der Waals surface area contributed by atoms with E-state index in [9.17, 15) is 13.6 Å². The topological polar surface area (TPSA) is 39.2 Å². The zero-order chi connectivity index (χ0) is 15.4. The second-order valence-corrected chi connectivity index (χ2v) is 4.88. The minimum absolute atomic E-state index is 0.0466. The lowest BCUT2D eigenvalue weighted by Crippen LogP contribution is -2.10. The summed E-state index contributed by atoms with van der Waals surface area (Å²) in [5.41, 5.74) is 0.608. The van der Waals surface area contributed by atoms with Gasteiger partial charge in [-0.15, -0.1) is 0 Å².